The molecular formula is C26H28N4O2. The number of rotatable bonds is 5. The lowest BCUT2D eigenvalue weighted by Gasteiger charge is -2.31. The van der Waals surface area contributed by atoms with Gasteiger partial charge < -0.3 is 10.2 Å². The molecule has 2 N–H and O–H groups in total. The Morgan fingerprint density at radius 2 is 1.69 bits per heavy atom. The van der Waals surface area contributed by atoms with Crippen LogP contribution >= 0.6 is 0 Å². The minimum atomic E-state index is -0.367. The number of hydrogen-bond donors (Lipinski definition) is 2. The Kier molecular flexibility index (Phi) is 5.21. The minimum absolute atomic E-state index is 0.124. The number of para-hydroxylation sites is 1. The quantitative estimate of drug-likeness (QED) is 0.624. The first kappa shape index (κ1) is 20.4. The van der Waals surface area contributed by atoms with Crippen LogP contribution in [0.2, 0.25) is 0 Å². The van der Waals surface area contributed by atoms with Gasteiger partial charge in [0.2, 0.25) is 0 Å². The molecule has 0 saturated heterocycles. The summed E-state index contributed by atoms with van der Waals surface area (Å²) in [7, 11) is 0. The predicted octanol–water partition coefficient (Wildman–Crippen LogP) is 4.58. The van der Waals surface area contributed by atoms with Crippen molar-refractivity contribution in [2.45, 2.75) is 39.0 Å². The Hall–Kier alpha value is -3.54. The number of H-pyrrole nitrogens is 1. The first-order valence-corrected chi connectivity index (χ1v) is 11.4. The highest BCUT2D eigenvalue weighted by molar-refractivity contribution is 6.00. The number of Topliss-reactive ketones (excluding diaryl/α,β-unsaturated/α-hetero) is 1. The molecule has 1 aliphatic heterocycles. The van der Waals surface area contributed by atoms with E-state index in [0.29, 0.717) is 17.8 Å². The SMILES string of the molecule is CCN(CC)c1ccc([C@H]2C3=C(CCCC3=O)Nc3[nH]n(-c4ccccc4)c(=O)c32)cc1. The van der Waals surface area contributed by atoms with E-state index in [1.807, 2.05) is 30.3 Å². The van der Waals surface area contributed by atoms with Crippen LogP contribution in [0.4, 0.5) is 11.5 Å². The van der Waals surface area contributed by atoms with Gasteiger partial charge in [0.1, 0.15) is 5.82 Å². The van der Waals surface area contributed by atoms with Gasteiger partial charge in [-0.3, -0.25) is 14.7 Å². The highest BCUT2D eigenvalue weighted by Crippen LogP contribution is 2.43. The average molecular weight is 429 g/mol. The summed E-state index contributed by atoms with van der Waals surface area (Å²) >= 11 is 0. The molecule has 6 heteroatoms. The number of ketones is 1. The number of carbonyl (C=O) groups excluding carboxylic acids is 1. The molecular weight excluding hydrogens is 400 g/mol. The summed E-state index contributed by atoms with van der Waals surface area (Å²) in [6, 6.07) is 17.9. The number of nitrogens with zero attached hydrogens (tertiary/aromatic N) is 2. The highest BCUT2D eigenvalue weighted by atomic mass is 16.1. The van der Waals surface area contributed by atoms with Gasteiger partial charge in [0.25, 0.3) is 5.56 Å². The zero-order valence-corrected chi connectivity index (χ0v) is 18.5. The van der Waals surface area contributed by atoms with Crippen LogP contribution in [0.5, 0.6) is 0 Å². The van der Waals surface area contributed by atoms with E-state index in [1.165, 1.54) is 0 Å². The van der Waals surface area contributed by atoms with E-state index in [0.717, 1.165) is 54.1 Å². The molecule has 0 radical (unpaired) electrons. The number of aromatic nitrogens is 2. The van der Waals surface area contributed by atoms with Gasteiger partial charge in [0, 0.05) is 42.4 Å². The Balaban J connectivity index is 1.66. The second-order valence-electron chi connectivity index (χ2n) is 8.37. The molecule has 2 aliphatic rings. The van der Waals surface area contributed by atoms with Crippen molar-refractivity contribution in [3.05, 3.63) is 87.3 Å². The van der Waals surface area contributed by atoms with Gasteiger partial charge in [-0.25, -0.2) is 4.68 Å². The molecule has 0 spiro atoms. The Labute approximate surface area is 187 Å². The van der Waals surface area contributed by atoms with Crippen molar-refractivity contribution in [1.29, 1.82) is 0 Å². The second-order valence-corrected chi connectivity index (χ2v) is 8.37. The van der Waals surface area contributed by atoms with Crippen LogP contribution in [-0.2, 0) is 4.79 Å². The molecule has 32 heavy (non-hydrogen) atoms. The van der Waals surface area contributed by atoms with Crippen molar-refractivity contribution in [1.82, 2.24) is 9.78 Å². The van der Waals surface area contributed by atoms with Crippen molar-refractivity contribution >= 4 is 17.3 Å². The number of allylic oxidation sites excluding steroid dienone is 2. The maximum Gasteiger partial charge on any atom is 0.277 e. The van der Waals surface area contributed by atoms with E-state index in [2.05, 4.69) is 53.4 Å². The molecule has 5 rings (SSSR count). The molecule has 2 aromatic carbocycles. The van der Waals surface area contributed by atoms with Crippen LogP contribution in [0.1, 0.15) is 50.2 Å². The first-order valence-electron chi connectivity index (χ1n) is 11.4. The summed E-state index contributed by atoms with van der Waals surface area (Å²) in [5, 5.41) is 6.64. The number of aromatic amines is 1. The normalized spacial score (nSPS) is 17.6. The zero-order chi connectivity index (χ0) is 22.2. The third-order valence-corrected chi connectivity index (χ3v) is 6.61. The standard InChI is InChI=1S/C26H28N4O2/c1-3-29(4-2)18-15-13-17(14-16-18)22-23-20(11-8-12-21(23)31)27-25-24(22)26(32)30(28-25)19-9-6-5-7-10-19/h5-7,9-10,13-16,22,27-28H,3-4,8,11-12H2,1-2H3/t22-/m0/s1. The second kappa shape index (κ2) is 8.19. The summed E-state index contributed by atoms with van der Waals surface area (Å²) in [5.41, 5.74) is 5.06. The number of carbonyl (C=O) groups is 1. The van der Waals surface area contributed by atoms with Crippen molar-refractivity contribution in [3.8, 4) is 5.69 Å². The molecule has 3 aromatic rings. The molecule has 164 valence electrons. The number of fused-ring (bicyclic) bond motifs is 1. The van der Waals surface area contributed by atoms with E-state index < -0.39 is 0 Å². The smallest absolute Gasteiger partial charge is 0.277 e. The summed E-state index contributed by atoms with van der Waals surface area (Å²) in [6.07, 6.45) is 2.17. The maximum absolute atomic E-state index is 13.6. The molecule has 2 heterocycles. The van der Waals surface area contributed by atoms with Crippen LogP contribution in [-0.4, -0.2) is 28.7 Å². The lowest BCUT2D eigenvalue weighted by atomic mass is 9.77. The molecule has 6 nitrogen and oxygen atoms in total. The van der Waals surface area contributed by atoms with Crippen LogP contribution < -0.4 is 15.8 Å². The fourth-order valence-corrected chi connectivity index (χ4v) is 5.00. The third kappa shape index (κ3) is 3.27. The largest absolute Gasteiger partial charge is 0.372 e. The van der Waals surface area contributed by atoms with Crippen LogP contribution in [0.15, 0.2) is 70.7 Å². The fourth-order valence-electron chi connectivity index (χ4n) is 5.00. The monoisotopic (exact) mass is 428 g/mol. The predicted molar refractivity (Wildman–Crippen MR) is 128 cm³/mol. The van der Waals surface area contributed by atoms with Crippen molar-refractivity contribution < 1.29 is 4.79 Å². The van der Waals surface area contributed by atoms with Gasteiger partial charge in [-0.15, -0.1) is 0 Å². The van der Waals surface area contributed by atoms with Crippen LogP contribution in [0.25, 0.3) is 5.69 Å². The Morgan fingerprint density at radius 1 is 0.969 bits per heavy atom. The van der Waals surface area contributed by atoms with Crippen molar-refractivity contribution in [2.24, 2.45) is 0 Å². The number of nitrogens with one attached hydrogen (secondary N) is 2. The highest BCUT2D eigenvalue weighted by Gasteiger charge is 2.38. The van der Waals surface area contributed by atoms with Crippen molar-refractivity contribution in [2.75, 3.05) is 23.3 Å². The lowest BCUT2D eigenvalue weighted by Crippen LogP contribution is -2.30. The molecule has 0 amide bonds. The molecule has 0 fully saturated rings. The van der Waals surface area contributed by atoms with E-state index in [9.17, 15) is 9.59 Å². The van der Waals surface area contributed by atoms with E-state index in [4.69, 9.17) is 0 Å². The lowest BCUT2D eigenvalue weighted by molar-refractivity contribution is -0.116. The molecule has 1 aromatic heterocycles. The number of benzene rings is 2. The Bertz CT molecular complexity index is 1230. The summed E-state index contributed by atoms with van der Waals surface area (Å²) in [5.74, 6) is 0.452. The molecule has 1 atom stereocenters. The third-order valence-electron chi connectivity index (χ3n) is 6.61. The topological polar surface area (TPSA) is 70.1 Å². The van der Waals surface area contributed by atoms with Crippen molar-refractivity contribution in [3.63, 3.8) is 0 Å². The van der Waals surface area contributed by atoms with Gasteiger partial charge in [-0.2, -0.15) is 0 Å². The molecule has 0 bridgehead atoms. The summed E-state index contributed by atoms with van der Waals surface area (Å²) in [6.45, 7) is 6.14. The fraction of sp³-hybridized carbons (Fsp3) is 0.308. The van der Waals surface area contributed by atoms with Gasteiger partial charge in [0.05, 0.1) is 11.3 Å². The number of hydrogen-bond acceptors (Lipinski definition) is 4. The van der Waals surface area contributed by atoms with Gasteiger partial charge in [-0.1, -0.05) is 30.3 Å². The first-order chi connectivity index (χ1) is 15.6. The van der Waals surface area contributed by atoms with Gasteiger partial charge in [-0.05, 0) is 56.5 Å². The van der Waals surface area contributed by atoms with Crippen LogP contribution in [0.3, 0.4) is 0 Å². The molecule has 0 saturated carbocycles. The molecule has 0 unspecified atom stereocenters. The summed E-state index contributed by atoms with van der Waals surface area (Å²) < 4.78 is 1.57. The maximum atomic E-state index is 13.6. The van der Waals surface area contributed by atoms with Gasteiger partial charge >= 0.3 is 0 Å². The van der Waals surface area contributed by atoms with E-state index in [-0.39, 0.29) is 17.3 Å². The molecule has 1 aliphatic carbocycles. The van der Waals surface area contributed by atoms with Gasteiger partial charge in [0.15, 0.2) is 5.78 Å². The minimum Gasteiger partial charge on any atom is -0.372 e. The van der Waals surface area contributed by atoms with Crippen LogP contribution in [0, 0.1) is 0 Å². The average Bonchev–Trinajstić information content (AvgIpc) is 3.16. The van der Waals surface area contributed by atoms with E-state index in [1.54, 1.807) is 4.68 Å². The van der Waals surface area contributed by atoms with E-state index >= 15 is 0 Å². The zero-order valence-electron chi connectivity index (χ0n) is 18.5. The Morgan fingerprint density at radius 3 is 2.38 bits per heavy atom. The number of anilines is 2. The summed E-state index contributed by atoms with van der Waals surface area (Å²) in [4.78, 5) is 28.9.